The highest BCUT2D eigenvalue weighted by Crippen LogP contribution is 2.26. The van der Waals surface area contributed by atoms with Crippen molar-refractivity contribution in [2.75, 3.05) is 33.4 Å². The van der Waals surface area contributed by atoms with Gasteiger partial charge in [-0.3, -0.25) is 14.4 Å². The Kier molecular flexibility index (Phi) is 10.1. The van der Waals surface area contributed by atoms with E-state index in [9.17, 15) is 14.4 Å². The predicted molar refractivity (Wildman–Crippen MR) is 114 cm³/mol. The van der Waals surface area contributed by atoms with E-state index in [0.29, 0.717) is 38.2 Å². The molecule has 0 aromatic heterocycles. The van der Waals surface area contributed by atoms with Gasteiger partial charge in [-0.1, -0.05) is 24.3 Å². The number of allylic oxidation sites excluding steroid dienone is 2. The molecular weight excluding hydrogens is 384 g/mol. The van der Waals surface area contributed by atoms with Crippen molar-refractivity contribution in [3.8, 4) is 0 Å². The Balaban J connectivity index is 1.69. The van der Waals surface area contributed by atoms with Gasteiger partial charge in [-0.15, -0.1) is 0 Å². The van der Waals surface area contributed by atoms with Crippen LogP contribution in [0.4, 0.5) is 0 Å². The van der Waals surface area contributed by atoms with Crippen LogP contribution in [0.2, 0.25) is 0 Å². The van der Waals surface area contributed by atoms with Crippen LogP contribution in [0.5, 0.6) is 0 Å². The first kappa shape index (κ1) is 23.6. The predicted octanol–water partition coefficient (Wildman–Crippen LogP) is 2.55. The molecule has 0 bridgehead atoms. The molecule has 7 heteroatoms. The molecule has 30 heavy (non-hydrogen) atoms. The molecule has 164 valence electrons. The molecule has 0 radical (unpaired) electrons. The molecule has 1 aromatic carbocycles. The summed E-state index contributed by atoms with van der Waals surface area (Å²) in [5.74, 6) is -0.401. The smallest absolute Gasteiger partial charge is 0.302 e. The molecule has 0 heterocycles. The molecule has 2 N–H and O–H groups in total. The number of carbonyl (C=O) groups is 3. The fourth-order valence-corrected chi connectivity index (χ4v) is 3.37. The lowest BCUT2D eigenvalue weighted by atomic mass is 9.90. The number of carbonyl (C=O) groups excluding carboxylic acids is 3. The summed E-state index contributed by atoms with van der Waals surface area (Å²) in [7, 11) is 1.87. The largest absolute Gasteiger partial charge is 0.466 e. The minimum absolute atomic E-state index is 0.0174. The summed E-state index contributed by atoms with van der Waals surface area (Å²) in [4.78, 5) is 35.2. The molecule has 0 spiro atoms. The minimum Gasteiger partial charge on any atom is -0.466 e. The molecule has 1 amide bonds. The SMILES string of the molecule is CNC1=C(C(=O)c2ccc(CCNC(=O)COCCCOC(C)=O)cc2)CCCC1. The zero-order valence-corrected chi connectivity index (χ0v) is 17.9. The highest BCUT2D eigenvalue weighted by molar-refractivity contribution is 6.09. The van der Waals surface area contributed by atoms with E-state index in [2.05, 4.69) is 10.6 Å². The van der Waals surface area contributed by atoms with Gasteiger partial charge in [0.25, 0.3) is 0 Å². The summed E-state index contributed by atoms with van der Waals surface area (Å²) in [6.45, 7) is 2.49. The zero-order valence-electron chi connectivity index (χ0n) is 17.9. The second-order valence-electron chi connectivity index (χ2n) is 7.29. The topological polar surface area (TPSA) is 93.7 Å². The Labute approximate surface area is 178 Å². The molecular formula is C23H32N2O5. The average Bonchev–Trinajstić information content (AvgIpc) is 2.76. The maximum atomic E-state index is 12.8. The summed E-state index contributed by atoms with van der Waals surface area (Å²) >= 11 is 0. The maximum Gasteiger partial charge on any atom is 0.302 e. The fourth-order valence-electron chi connectivity index (χ4n) is 3.37. The van der Waals surface area contributed by atoms with Crippen LogP contribution >= 0.6 is 0 Å². The molecule has 1 aliphatic rings. The first-order valence-electron chi connectivity index (χ1n) is 10.5. The lowest BCUT2D eigenvalue weighted by molar-refractivity contribution is -0.141. The van der Waals surface area contributed by atoms with Crippen molar-refractivity contribution in [2.45, 2.75) is 45.4 Å². The quantitative estimate of drug-likeness (QED) is 0.309. The van der Waals surface area contributed by atoms with Crippen LogP contribution in [0.15, 0.2) is 35.5 Å². The standard InChI is InChI=1S/C23H32N2O5/c1-17(26)30-15-5-14-29-16-22(27)25-13-12-18-8-10-19(11-9-18)23(28)20-6-3-4-7-21(20)24-2/h8-11,24H,3-7,12-16H2,1-2H3,(H,25,27). The first-order valence-corrected chi connectivity index (χ1v) is 10.5. The van der Waals surface area contributed by atoms with Gasteiger partial charge in [0.1, 0.15) is 6.61 Å². The van der Waals surface area contributed by atoms with Crippen molar-refractivity contribution in [3.63, 3.8) is 0 Å². The molecule has 0 saturated heterocycles. The number of rotatable bonds is 12. The van der Waals surface area contributed by atoms with Gasteiger partial charge < -0.3 is 20.1 Å². The number of esters is 1. The summed E-state index contributed by atoms with van der Waals surface area (Å²) in [5.41, 5.74) is 3.72. The van der Waals surface area contributed by atoms with Crippen LogP contribution in [0.1, 0.15) is 54.9 Å². The average molecular weight is 417 g/mol. The molecule has 2 rings (SSSR count). The van der Waals surface area contributed by atoms with Crippen molar-refractivity contribution in [3.05, 3.63) is 46.7 Å². The minimum atomic E-state index is -0.320. The van der Waals surface area contributed by atoms with Gasteiger partial charge in [0.2, 0.25) is 5.91 Å². The molecule has 0 unspecified atom stereocenters. The Morgan fingerprint density at radius 2 is 1.77 bits per heavy atom. The lowest BCUT2D eigenvalue weighted by Gasteiger charge is -2.19. The van der Waals surface area contributed by atoms with E-state index >= 15 is 0 Å². The van der Waals surface area contributed by atoms with Crippen LogP contribution in [-0.2, 0) is 25.5 Å². The van der Waals surface area contributed by atoms with Crippen LogP contribution in [0.25, 0.3) is 0 Å². The number of amides is 1. The molecule has 0 atom stereocenters. The van der Waals surface area contributed by atoms with Gasteiger partial charge in [0.15, 0.2) is 5.78 Å². The van der Waals surface area contributed by atoms with Crippen molar-refractivity contribution in [2.24, 2.45) is 0 Å². The normalized spacial score (nSPS) is 13.7. The number of ether oxygens (including phenoxy) is 2. The summed E-state index contributed by atoms with van der Waals surface area (Å²) in [6.07, 6.45) is 5.18. The third kappa shape index (κ3) is 7.99. The monoisotopic (exact) mass is 416 g/mol. The van der Waals surface area contributed by atoms with Crippen molar-refractivity contribution >= 4 is 17.7 Å². The fraction of sp³-hybridized carbons (Fsp3) is 0.522. The molecule has 0 aliphatic heterocycles. The highest BCUT2D eigenvalue weighted by Gasteiger charge is 2.19. The van der Waals surface area contributed by atoms with Crippen molar-refractivity contribution in [1.82, 2.24) is 10.6 Å². The number of Topliss-reactive ketones (excluding diaryl/α,β-unsaturated/α-hetero) is 1. The van der Waals surface area contributed by atoms with Gasteiger partial charge >= 0.3 is 5.97 Å². The Bertz CT molecular complexity index is 755. The van der Waals surface area contributed by atoms with E-state index in [1.54, 1.807) is 0 Å². The van der Waals surface area contributed by atoms with Gasteiger partial charge in [-0.2, -0.15) is 0 Å². The lowest BCUT2D eigenvalue weighted by Crippen LogP contribution is -2.29. The second kappa shape index (κ2) is 12.8. The zero-order chi connectivity index (χ0) is 21.8. The molecule has 0 saturated carbocycles. The van der Waals surface area contributed by atoms with E-state index in [1.807, 2.05) is 31.3 Å². The Morgan fingerprint density at radius 3 is 2.47 bits per heavy atom. The van der Waals surface area contributed by atoms with Crippen LogP contribution in [-0.4, -0.2) is 51.1 Å². The van der Waals surface area contributed by atoms with Gasteiger partial charge in [-0.05, 0) is 37.7 Å². The summed E-state index contributed by atoms with van der Waals surface area (Å²) < 4.78 is 10.0. The molecule has 0 fully saturated rings. The van der Waals surface area contributed by atoms with E-state index in [4.69, 9.17) is 9.47 Å². The van der Waals surface area contributed by atoms with Crippen LogP contribution in [0.3, 0.4) is 0 Å². The van der Waals surface area contributed by atoms with Crippen molar-refractivity contribution < 1.29 is 23.9 Å². The molecule has 7 nitrogen and oxygen atoms in total. The van der Waals surface area contributed by atoms with E-state index < -0.39 is 0 Å². The summed E-state index contributed by atoms with van der Waals surface area (Å²) in [5, 5.41) is 5.98. The van der Waals surface area contributed by atoms with Gasteiger partial charge in [0, 0.05) is 43.8 Å². The molecule has 1 aromatic rings. The third-order valence-corrected chi connectivity index (χ3v) is 4.97. The number of hydrogen-bond acceptors (Lipinski definition) is 6. The van der Waals surface area contributed by atoms with E-state index in [1.165, 1.54) is 6.92 Å². The number of nitrogens with one attached hydrogen (secondary N) is 2. The van der Waals surface area contributed by atoms with Crippen LogP contribution < -0.4 is 10.6 Å². The van der Waals surface area contributed by atoms with E-state index in [0.717, 1.165) is 42.5 Å². The Morgan fingerprint density at radius 1 is 1.03 bits per heavy atom. The van der Waals surface area contributed by atoms with E-state index in [-0.39, 0.29) is 24.3 Å². The van der Waals surface area contributed by atoms with Crippen molar-refractivity contribution in [1.29, 1.82) is 0 Å². The first-order chi connectivity index (χ1) is 14.5. The third-order valence-electron chi connectivity index (χ3n) is 4.97. The number of benzene rings is 1. The Hall–Kier alpha value is -2.67. The highest BCUT2D eigenvalue weighted by atomic mass is 16.5. The number of ketones is 1. The van der Waals surface area contributed by atoms with Gasteiger partial charge in [0.05, 0.1) is 13.2 Å². The van der Waals surface area contributed by atoms with Crippen LogP contribution in [0, 0.1) is 0 Å². The van der Waals surface area contributed by atoms with Gasteiger partial charge in [-0.25, -0.2) is 0 Å². The maximum absolute atomic E-state index is 12.8. The number of hydrogen-bond donors (Lipinski definition) is 2. The molecule has 1 aliphatic carbocycles. The second-order valence-corrected chi connectivity index (χ2v) is 7.29. The summed E-state index contributed by atoms with van der Waals surface area (Å²) in [6, 6.07) is 7.60.